The summed E-state index contributed by atoms with van der Waals surface area (Å²) in [5, 5.41) is 3.29. The molecule has 0 aromatic carbocycles. The molecule has 1 aromatic rings. The lowest BCUT2D eigenvalue weighted by Gasteiger charge is -2.22. The molecule has 0 unspecified atom stereocenters. The Morgan fingerprint density at radius 2 is 2.39 bits per heavy atom. The van der Waals surface area contributed by atoms with Gasteiger partial charge in [0.15, 0.2) is 5.03 Å². The van der Waals surface area contributed by atoms with Crippen molar-refractivity contribution in [1.82, 2.24) is 15.0 Å². The monoisotopic (exact) mass is 289 g/mol. The molecule has 1 aromatic heterocycles. The number of rotatable bonds is 4. The molecule has 0 spiro atoms. The Balaban J connectivity index is 2.01. The van der Waals surface area contributed by atoms with Gasteiger partial charge < -0.3 is 5.32 Å². The van der Waals surface area contributed by atoms with E-state index in [1.165, 1.54) is 12.3 Å². The fourth-order valence-corrected chi connectivity index (χ4v) is 3.51. The number of hydrogen-bond donors (Lipinski definition) is 2. The van der Waals surface area contributed by atoms with Crippen molar-refractivity contribution in [2.75, 3.05) is 19.6 Å². The number of nitrogens with one attached hydrogen (secondary N) is 2. The highest BCUT2D eigenvalue weighted by molar-refractivity contribution is 7.89. The second-order valence-electron chi connectivity index (χ2n) is 4.35. The third-order valence-electron chi connectivity index (χ3n) is 2.94. The van der Waals surface area contributed by atoms with Gasteiger partial charge in [0.1, 0.15) is 0 Å². The Labute approximate surface area is 112 Å². The van der Waals surface area contributed by atoms with Gasteiger partial charge in [0, 0.05) is 12.7 Å². The highest BCUT2D eigenvalue weighted by atomic mass is 35.5. The lowest BCUT2D eigenvalue weighted by atomic mass is 10.0. The summed E-state index contributed by atoms with van der Waals surface area (Å²) in [6.07, 6.45) is 3.53. The minimum atomic E-state index is -3.61. The van der Waals surface area contributed by atoms with Gasteiger partial charge in [0.05, 0.1) is 5.02 Å². The molecule has 5 nitrogen and oxygen atoms in total. The fourth-order valence-electron chi connectivity index (χ4n) is 1.96. The predicted molar refractivity (Wildman–Crippen MR) is 70.0 cm³/mol. The lowest BCUT2D eigenvalue weighted by molar-refractivity contribution is 0.375. The fraction of sp³-hybridized carbons (Fsp3) is 0.545. The van der Waals surface area contributed by atoms with Crippen LogP contribution in [-0.4, -0.2) is 33.0 Å². The second kappa shape index (κ2) is 5.97. The predicted octanol–water partition coefficient (Wildman–Crippen LogP) is 1.01. The maximum absolute atomic E-state index is 12.0. The quantitative estimate of drug-likeness (QED) is 0.868. The van der Waals surface area contributed by atoms with Gasteiger partial charge in [-0.1, -0.05) is 11.6 Å². The first-order valence-corrected chi connectivity index (χ1v) is 7.76. The zero-order chi connectivity index (χ0) is 13.0. The molecule has 0 amide bonds. The third kappa shape index (κ3) is 3.41. The summed E-state index contributed by atoms with van der Waals surface area (Å²) in [4.78, 5) is 3.82. The van der Waals surface area contributed by atoms with Crippen LogP contribution in [0.2, 0.25) is 5.02 Å². The molecule has 18 heavy (non-hydrogen) atoms. The summed E-state index contributed by atoms with van der Waals surface area (Å²) >= 11 is 5.84. The van der Waals surface area contributed by atoms with Crippen LogP contribution in [0.4, 0.5) is 0 Å². The zero-order valence-corrected chi connectivity index (χ0v) is 11.5. The van der Waals surface area contributed by atoms with Gasteiger partial charge in [0.25, 0.3) is 10.0 Å². The topological polar surface area (TPSA) is 71.1 Å². The van der Waals surface area contributed by atoms with Crippen molar-refractivity contribution in [3.8, 4) is 0 Å². The molecule has 1 fully saturated rings. The van der Waals surface area contributed by atoms with Crippen LogP contribution in [0.3, 0.4) is 0 Å². The highest BCUT2D eigenvalue weighted by Gasteiger charge is 2.21. The van der Waals surface area contributed by atoms with E-state index in [0.717, 1.165) is 25.9 Å². The first-order chi connectivity index (χ1) is 8.59. The van der Waals surface area contributed by atoms with E-state index in [1.54, 1.807) is 6.07 Å². The van der Waals surface area contributed by atoms with Gasteiger partial charge in [-0.25, -0.2) is 18.1 Å². The van der Waals surface area contributed by atoms with E-state index in [1.807, 2.05) is 0 Å². The van der Waals surface area contributed by atoms with Gasteiger partial charge in [-0.15, -0.1) is 0 Å². The Hall–Kier alpha value is -0.690. The Kier molecular flexibility index (Phi) is 4.55. The molecule has 1 aliphatic rings. The van der Waals surface area contributed by atoms with Gasteiger partial charge in [-0.3, -0.25) is 0 Å². The van der Waals surface area contributed by atoms with E-state index in [-0.39, 0.29) is 10.0 Å². The van der Waals surface area contributed by atoms with Crippen molar-refractivity contribution in [3.63, 3.8) is 0 Å². The SMILES string of the molecule is O=S(=O)(NC[C@H]1CCCNC1)c1ncccc1Cl. The molecule has 0 bridgehead atoms. The summed E-state index contributed by atoms with van der Waals surface area (Å²) < 4.78 is 26.6. The average molecular weight is 290 g/mol. The van der Waals surface area contributed by atoms with E-state index in [0.29, 0.717) is 12.5 Å². The van der Waals surface area contributed by atoms with E-state index in [2.05, 4.69) is 15.0 Å². The van der Waals surface area contributed by atoms with Gasteiger partial charge >= 0.3 is 0 Å². The average Bonchev–Trinajstić information content (AvgIpc) is 2.38. The van der Waals surface area contributed by atoms with Crippen molar-refractivity contribution in [2.45, 2.75) is 17.9 Å². The molecule has 1 aliphatic heterocycles. The molecular formula is C11H16ClN3O2S. The van der Waals surface area contributed by atoms with Crippen molar-refractivity contribution >= 4 is 21.6 Å². The van der Waals surface area contributed by atoms with Gasteiger partial charge in [0.2, 0.25) is 0 Å². The molecule has 100 valence electrons. The summed E-state index contributed by atoms with van der Waals surface area (Å²) in [5.74, 6) is 0.330. The molecule has 0 aliphatic carbocycles. The number of sulfonamides is 1. The van der Waals surface area contributed by atoms with Crippen LogP contribution in [0.1, 0.15) is 12.8 Å². The van der Waals surface area contributed by atoms with E-state index < -0.39 is 10.0 Å². The molecule has 2 heterocycles. The molecule has 7 heteroatoms. The Morgan fingerprint density at radius 1 is 1.56 bits per heavy atom. The maximum atomic E-state index is 12.0. The van der Waals surface area contributed by atoms with Gasteiger partial charge in [-0.05, 0) is 44.0 Å². The number of hydrogen-bond acceptors (Lipinski definition) is 4. The largest absolute Gasteiger partial charge is 0.316 e. The van der Waals surface area contributed by atoms with E-state index >= 15 is 0 Å². The standard InChI is InChI=1S/C11H16ClN3O2S/c12-10-4-2-6-14-11(10)18(16,17)15-8-9-3-1-5-13-7-9/h2,4,6,9,13,15H,1,3,5,7-8H2/t9-/m0/s1. The van der Waals surface area contributed by atoms with Crippen LogP contribution in [0, 0.1) is 5.92 Å². The van der Waals surface area contributed by atoms with Gasteiger partial charge in [-0.2, -0.15) is 0 Å². The minimum Gasteiger partial charge on any atom is -0.316 e. The van der Waals surface area contributed by atoms with Crippen molar-refractivity contribution in [3.05, 3.63) is 23.4 Å². The van der Waals surface area contributed by atoms with Crippen molar-refractivity contribution in [2.24, 2.45) is 5.92 Å². The number of nitrogens with zero attached hydrogens (tertiary/aromatic N) is 1. The molecule has 1 saturated heterocycles. The lowest BCUT2D eigenvalue weighted by Crippen LogP contribution is -2.38. The Bertz CT molecular complexity index is 501. The summed E-state index contributed by atoms with van der Waals surface area (Å²) in [7, 11) is -3.61. The smallest absolute Gasteiger partial charge is 0.259 e. The molecular weight excluding hydrogens is 274 g/mol. The molecule has 2 rings (SSSR count). The number of halogens is 1. The molecule has 2 N–H and O–H groups in total. The molecule has 0 saturated carbocycles. The van der Waals surface area contributed by atoms with Crippen molar-refractivity contribution < 1.29 is 8.42 Å². The van der Waals surface area contributed by atoms with Crippen LogP contribution in [0.25, 0.3) is 0 Å². The first kappa shape index (κ1) is 13.7. The Morgan fingerprint density at radius 3 is 3.06 bits per heavy atom. The van der Waals surface area contributed by atoms with Crippen molar-refractivity contribution in [1.29, 1.82) is 0 Å². The van der Waals surface area contributed by atoms with Crippen LogP contribution in [-0.2, 0) is 10.0 Å². The summed E-state index contributed by atoms with van der Waals surface area (Å²) in [6.45, 7) is 2.27. The maximum Gasteiger partial charge on any atom is 0.259 e. The summed E-state index contributed by atoms with van der Waals surface area (Å²) in [5.41, 5.74) is 0. The van der Waals surface area contributed by atoms with E-state index in [4.69, 9.17) is 11.6 Å². The second-order valence-corrected chi connectivity index (χ2v) is 6.44. The van der Waals surface area contributed by atoms with Crippen LogP contribution < -0.4 is 10.0 Å². The zero-order valence-electron chi connectivity index (χ0n) is 9.89. The third-order valence-corrected chi connectivity index (χ3v) is 4.74. The van der Waals surface area contributed by atoms with Crippen LogP contribution >= 0.6 is 11.6 Å². The first-order valence-electron chi connectivity index (χ1n) is 5.90. The number of piperidine rings is 1. The number of pyridine rings is 1. The molecule has 1 atom stereocenters. The summed E-state index contributed by atoms with van der Waals surface area (Å²) in [6, 6.07) is 3.12. The minimum absolute atomic E-state index is 0.101. The molecule has 0 radical (unpaired) electrons. The van der Waals surface area contributed by atoms with Crippen LogP contribution in [0.5, 0.6) is 0 Å². The van der Waals surface area contributed by atoms with E-state index in [9.17, 15) is 8.42 Å². The van der Waals surface area contributed by atoms with Crippen LogP contribution in [0.15, 0.2) is 23.4 Å². The highest BCUT2D eigenvalue weighted by Crippen LogP contribution is 2.18. The number of aromatic nitrogens is 1. The normalized spacial score (nSPS) is 20.8.